The molecule has 34 heavy (non-hydrogen) atoms. The van der Waals surface area contributed by atoms with Crippen molar-refractivity contribution in [2.45, 2.75) is 25.2 Å². The third-order valence-electron chi connectivity index (χ3n) is 5.60. The van der Waals surface area contributed by atoms with Crippen molar-refractivity contribution in [1.29, 1.82) is 0 Å². The molecule has 0 bridgehead atoms. The van der Waals surface area contributed by atoms with Crippen LogP contribution in [0.4, 0.5) is 10.2 Å². The number of nitrogens with two attached hydrogens (primary N) is 1. The van der Waals surface area contributed by atoms with E-state index >= 15 is 4.39 Å². The number of methoxy groups -OCH3 is 1. The summed E-state index contributed by atoms with van der Waals surface area (Å²) in [6, 6.07) is 7.63. The second-order valence-corrected chi connectivity index (χ2v) is 10.3. The summed E-state index contributed by atoms with van der Waals surface area (Å²) < 4.78 is 26.0. The number of phenols is 1. The van der Waals surface area contributed by atoms with Crippen LogP contribution in [0.15, 0.2) is 42.7 Å². The third kappa shape index (κ3) is 5.04. The molecule has 0 unspecified atom stereocenters. The molecule has 0 saturated heterocycles. The number of hydrogen-bond donors (Lipinski definition) is 2. The maximum atomic E-state index is 15.5. The van der Waals surface area contributed by atoms with Crippen LogP contribution in [-0.2, 0) is 9.53 Å². The Hall–Kier alpha value is -3.45. The molecule has 3 aromatic rings. The van der Waals surface area contributed by atoms with Crippen LogP contribution in [0, 0.1) is 5.82 Å². The van der Waals surface area contributed by atoms with Gasteiger partial charge in [0.05, 0.1) is 0 Å². The van der Waals surface area contributed by atoms with Crippen molar-refractivity contribution < 1.29 is 28.6 Å². The van der Waals surface area contributed by atoms with E-state index in [9.17, 15) is 14.7 Å². The van der Waals surface area contributed by atoms with Gasteiger partial charge in [-0.15, -0.1) is 0 Å². The molecule has 1 radical (unpaired) electrons. The van der Waals surface area contributed by atoms with Crippen LogP contribution in [0.2, 0.25) is 0 Å². The van der Waals surface area contributed by atoms with Gasteiger partial charge in [-0.2, -0.15) is 0 Å². The average Bonchev–Trinajstić information content (AvgIpc) is 2.79. The molecule has 4 rings (SSSR count). The molecular weight excluding hydrogens is 504 g/mol. The van der Waals surface area contributed by atoms with E-state index in [0.717, 1.165) is 24.8 Å². The predicted octanol–water partition coefficient (Wildman–Crippen LogP) is 2.56. The molecule has 10 heteroatoms. The number of nitrogen functional groups attached to an aromatic ring is 1. The van der Waals surface area contributed by atoms with E-state index in [2.05, 4.69) is 14.7 Å². The van der Waals surface area contributed by atoms with Gasteiger partial charge in [-0.3, -0.25) is 0 Å². The molecule has 0 aliphatic heterocycles. The van der Waals surface area contributed by atoms with Gasteiger partial charge < -0.3 is 0 Å². The Balaban J connectivity index is 1.56. The number of esters is 1. The summed E-state index contributed by atoms with van der Waals surface area (Å²) in [5, 5.41) is 10.1. The quantitative estimate of drug-likeness (QED) is 0.339. The molecule has 1 aromatic heterocycles. The second kappa shape index (κ2) is 10.2. The Labute approximate surface area is 202 Å². The molecule has 3 N–H and O–H groups in total. The number of aromatic nitrogens is 2. The van der Waals surface area contributed by atoms with E-state index in [4.69, 9.17) is 10.5 Å². The number of halogens is 1. The number of benzene rings is 2. The van der Waals surface area contributed by atoms with E-state index in [0.29, 0.717) is 10.0 Å². The third-order valence-corrected chi connectivity index (χ3v) is 7.65. The molecule has 1 heterocycles. The van der Waals surface area contributed by atoms with Crippen molar-refractivity contribution in [2.75, 3.05) is 19.5 Å². The molecule has 1 saturated carbocycles. The number of anilines is 1. The molecule has 1 fully saturated rings. The molecule has 0 spiro atoms. The van der Waals surface area contributed by atoms with Crippen LogP contribution in [0.5, 0.6) is 11.5 Å². The van der Waals surface area contributed by atoms with Gasteiger partial charge in [0, 0.05) is 0 Å². The molecule has 175 valence electrons. The van der Waals surface area contributed by atoms with E-state index in [-0.39, 0.29) is 45.5 Å². The zero-order chi connectivity index (χ0) is 24.2. The first-order valence-corrected chi connectivity index (χ1v) is 12.4. The zero-order valence-electron chi connectivity index (χ0n) is 18.3. The normalized spacial score (nSPS) is 13.6. The number of carbonyl (C=O) groups excluding carboxylic acids is 2. The van der Waals surface area contributed by atoms with Crippen LogP contribution in [-0.4, -0.2) is 55.1 Å². The first-order valence-electron chi connectivity index (χ1n) is 10.6. The fourth-order valence-electron chi connectivity index (χ4n) is 3.59. The van der Waals surface area contributed by atoms with Crippen molar-refractivity contribution >= 4 is 36.5 Å². The van der Waals surface area contributed by atoms with Crippen LogP contribution >= 0.6 is 0 Å². The SMILES string of the molecule is COC(=O)c1ccc(O)c([As]C(=O)COc2c(C3CCC3)ccc(-c3cnc(N)cn3)c2F)c1. The number of rotatable bonds is 8. The first-order chi connectivity index (χ1) is 16.4. The van der Waals surface area contributed by atoms with Crippen LogP contribution < -0.4 is 14.8 Å². The maximum absolute atomic E-state index is 15.5. The fraction of sp³-hybridized carbons (Fsp3) is 0.250. The van der Waals surface area contributed by atoms with Gasteiger partial charge in [-0.05, 0) is 0 Å². The number of phenolic OH excluding ortho intramolecular Hbond substituents is 1. The van der Waals surface area contributed by atoms with E-state index < -0.39 is 27.5 Å². The summed E-state index contributed by atoms with van der Waals surface area (Å²) in [7, 11) is 1.25. The standard InChI is InChI=1S/C24H22AsFN3O5/c1-33-24(32)14-5-8-19(30)17(9-14)25-20(31)12-34-23-15(13-3-2-4-13)6-7-16(22(23)26)18-10-29-21(27)11-28-18/h5-11,13,30H,2-4,12H2,1H3,(H2,27,29). The van der Waals surface area contributed by atoms with Crippen molar-refractivity contribution in [3.8, 4) is 22.8 Å². The number of nitrogens with zero attached hydrogens (tertiary/aromatic N) is 2. The summed E-state index contributed by atoms with van der Waals surface area (Å²) in [6.45, 7) is -0.366. The predicted molar refractivity (Wildman–Crippen MR) is 124 cm³/mol. The summed E-state index contributed by atoms with van der Waals surface area (Å²) in [5.41, 5.74) is 7.04. The number of hydrogen-bond acceptors (Lipinski definition) is 8. The van der Waals surface area contributed by atoms with Crippen LogP contribution in [0.3, 0.4) is 0 Å². The number of ether oxygens (including phenoxy) is 2. The van der Waals surface area contributed by atoms with Gasteiger partial charge in [0.25, 0.3) is 0 Å². The minimum absolute atomic E-state index is 0.0305. The number of carbonyl (C=O) groups is 2. The fourth-order valence-corrected chi connectivity index (χ4v) is 5.25. The van der Waals surface area contributed by atoms with Gasteiger partial charge in [-0.1, -0.05) is 0 Å². The summed E-state index contributed by atoms with van der Waals surface area (Å²) in [4.78, 5) is 32.5. The Morgan fingerprint density at radius 1 is 1.21 bits per heavy atom. The van der Waals surface area contributed by atoms with Crippen molar-refractivity contribution in [2.24, 2.45) is 0 Å². The molecule has 0 amide bonds. The summed E-state index contributed by atoms with van der Waals surface area (Å²) in [5.74, 6) is -0.849. The topological polar surface area (TPSA) is 125 Å². The monoisotopic (exact) mass is 526 g/mol. The Kier molecular flexibility index (Phi) is 7.12. The molecule has 1 aliphatic carbocycles. The van der Waals surface area contributed by atoms with Crippen molar-refractivity contribution in [3.05, 3.63) is 59.7 Å². The molecule has 0 atom stereocenters. The molecular formula is C24H22AsFN3O5. The van der Waals surface area contributed by atoms with Gasteiger partial charge in [0.1, 0.15) is 0 Å². The van der Waals surface area contributed by atoms with Gasteiger partial charge in [0.2, 0.25) is 0 Å². The molecule has 1 aliphatic rings. The van der Waals surface area contributed by atoms with Gasteiger partial charge >= 0.3 is 202 Å². The van der Waals surface area contributed by atoms with Gasteiger partial charge in [0.15, 0.2) is 0 Å². The second-order valence-electron chi connectivity index (χ2n) is 7.79. The average molecular weight is 526 g/mol. The summed E-state index contributed by atoms with van der Waals surface area (Å²) >= 11 is -1.19. The van der Waals surface area contributed by atoms with E-state index in [1.54, 1.807) is 12.1 Å². The summed E-state index contributed by atoms with van der Waals surface area (Å²) in [6.07, 6.45) is 5.62. The van der Waals surface area contributed by atoms with E-state index in [1.807, 2.05) is 0 Å². The van der Waals surface area contributed by atoms with Crippen molar-refractivity contribution in [1.82, 2.24) is 9.97 Å². The first kappa shape index (κ1) is 23.7. The Morgan fingerprint density at radius 2 is 2.00 bits per heavy atom. The Bertz CT molecular complexity index is 1230. The van der Waals surface area contributed by atoms with Gasteiger partial charge in [-0.25, -0.2) is 0 Å². The zero-order valence-corrected chi connectivity index (χ0v) is 20.2. The molecule has 8 nitrogen and oxygen atoms in total. The van der Waals surface area contributed by atoms with Crippen LogP contribution in [0.25, 0.3) is 11.3 Å². The van der Waals surface area contributed by atoms with Crippen molar-refractivity contribution in [3.63, 3.8) is 0 Å². The number of aromatic hydroxyl groups is 1. The Morgan fingerprint density at radius 3 is 2.65 bits per heavy atom. The minimum atomic E-state index is -1.19. The van der Waals surface area contributed by atoms with Crippen LogP contribution in [0.1, 0.15) is 41.1 Å². The van der Waals surface area contributed by atoms with E-state index in [1.165, 1.54) is 37.7 Å². The molecule has 2 aromatic carbocycles.